The van der Waals surface area contributed by atoms with E-state index in [9.17, 15) is 0 Å². The molecule has 2 nitrogen and oxygen atoms in total. The van der Waals surface area contributed by atoms with Crippen LogP contribution in [0.1, 0.15) is 28.7 Å². The number of benzene rings is 3. The SMILES string of the molecule is Cc1cccc2c1[nH]c1c2c2c(c3[nH]c4c(C)cccc4c31)CCC2. The molecule has 0 saturated heterocycles. The van der Waals surface area contributed by atoms with Crippen molar-refractivity contribution in [2.24, 2.45) is 0 Å². The predicted octanol–water partition coefficient (Wildman–Crippen LogP) is 6.06. The van der Waals surface area contributed by atoms with Gasteiger partial charge in [0.1, 0.15) is 0 Å². The molecule has 2 aromatic heterocycles. The van der Waals surface area contributed by atoms with E-state index in [0.717, 1.165) is 0 Å². The van der Waals surface area contributed by atoms with Crippen LogP contribution in [0.3, 0.4) is 0 Å². The third-order valence-corrected chi connectivity index (χ3v) is 6.16. The Kier molecular flexibility index (Phi) is 2.41. The molecule has 6 rings (SSSR count). The zero-order valence-corrected chi connectivity index (χ0v) is 14.6. The molecule has 0 unspecified atom stereocenters. The van der Waals surface area contributed by atoms with Crippen LogP contribution in [0.5, 0.6) is 0 Å². The maximum atomic E-state index is 3.80. The average Bonchev–Trinajstić information content (AvgIpc) is 3.29. The monoisotopic (exact) mass is 324 g/mol. The summed E-state index contributed by atoms with van der Waals surface area (Å²) in [6, 6.07) is 13.3. The van der Waals surface area contributed by atoms with Crippen molar-refractivity contribution in [2.75, 3.05) is 0 Å². The minimum absolute atomic E-state index is 1.19. The van der Waals surface area contributed by atoms with Crippen molar-refractivity contribution in [2.45, 2.75) is 33.1 Å². The fourth-order valence-corrected chi connectivity index (χ4v) is 5.01. The van der Waals surface area contributed by atoms with Crippen LogP contribution >= 0.6 is 0 Å². The maximum absolute atomic E-state index is 3.80. The van der Waals surface area contributed by atoms with Gasteiger partial charge in [-0.3, -0.25) is 0 Å². The lowest BCUT2D eigenvalue weighted by molar-refractivity contribution is 0.915. The number of nitrogens with one attached hydrogen (secondary N) is 2. The first-order valence-electron chi connectivity index (χ1n) is 9.20. The van der Waals surface area contributed by atoms with Gasteiger partial charge in [0.15, 0.2) is 0 Å². The molecule has 0 aliphatic heterocycles. The minimum atomic E-state index is 1.19. The standard InChI is InChI=1S/C23H20N2/c1-12-6-3-10-16-18-14-8-5-9-15(14)22-19(23(18)25-20(12)16)17-11-4-7-13(2)21(17)24-22/h3-4,6-7,10-11,24-25H,5,8-9H2,1-2H3. The number of para-hydroxylation sites is 2. The van der Waals surface area contributed by atoms with Crippen molar-refractivity contribution in [1.29, 1.82) is 0 Å². The van der Waals surface area contributed by atoms with E-state index in [1.807, 2.05) is 0 Å². The number of aromatic nitrogens is 2. The molecular weight excluding hydrogens is 304 g/mol. The van der Waals surface area contributed by atoms with Gasteiger partial charge >= 0.3 is 0 Å². The molecule has 25 heavy (non-hydrogen) atoms. The van der Waals surface area contributed by atoms with E-state index >= 15 is 0 Å². The summed E-state index contributed by atoms with van der Waals surface area (Å²) >= 11 is 0. The van der Waals surface area contributed by atoms with E-state index in [2.05, 4.69) is 60.2 Å². The molecular formula is C23H20N2. The van der Waals surface area contributed by atoms with Crippen LogP contribution in [0, 0.1) is 13.8 Å². The normalized spacial score (nSPS) is 14.3. The highest BCUT2D eigenvalue weighted by Gasteiger charge is 2.24. The third-order valence-electron chi connectivity index (χ3n) is 6.16. The highest BCUT2D eigenvalue weighted by atomic mass is 14.8. The molecule has 0 bridgehead atoms. The van der Waals surface area contributed by atoms with Crippen LogP contribution in [0.25, 0.3) is 43.6 Å². The lowest BCUT2D eigenvalue weighted by Crippen LogP contribution is -1.87. The molecule has 0 fully saturated rings. The van der Waals surface area contributed by atoms with Crippen molar-refractivity contribution in [1.82, 2.24) is 9.97 Å². The zero-order valence-electron chi connectivity index (χ0n) is 14.6. The number of rotatable bonds is 0. The third kappa shape index (κ3) is 1.55. The van der Waals surface area contributed by atoms with Gasteiger partial charge in [0, 0.05) is 32.6 Å². The zero-order chi connectivity index (χ0) is 16.7. The van der Waals surface area contributed by atoms with Gasteiger partial charge in [0.25, 0.3) is 0 Å². The van der Waals surface area contributed by atoms with E-state index in [4.69, 9.17) is 0 Å². The molecule has 2 N–H and O–H groups in total. The number of aryl methyl sites for hydroxylation is 4. The summed E-state index contributed by atoms with van der Waals surface area (Å²) < 4.78 is 0. The van der Waals surface area contributed by atoms with E-state index in [1.165, 1.54) is 74.0 Å². The summed E-state index contributed by atoms with van der Waals surface area (Å²) in [5, 5.41) is 5.57. The molecule has 3 aromatic carbocycles. The van der Waals surface area contributed by atoms with E-state index in [1.54, 1.807) is 11.1 Å². The van der Waals surface area contributed by atoms with E-state index in [0.29, 0.717) is 0 Å². The first kappa shape index (κ1) is 13.5. The van der Waals surface area contributed by atoms with Crippen LogP contribution in [-0.4, -0.2) is 9.97 Å². The summed E-state index contributed by atoms with van der Waals surface area (Å²) in [6.45, 7) is 4.40. The fourth-order valence-electron chi connectivity index (χ4n) is 5.01. The number of H-pyrrole nitrogens is 2. The second-order valence-electron chi connectivity index (χ2n) is 7.56. The van der Waals surface area contributed by atoms with Crippen LogP contribution in [0.2, 0.25) is 0 Å². The Bertz CT molecular complexity index is 1330. The topological polar surface area (TPSA) is 31.6 Å². The quantitative estimate of drug-likeness (QED) is 0.347. The number of fused-ring (bicyclic) bond motifs is 10. The Hall–Kier alpha value is -2.74. The summed E-state index contributed by atoms with van der Waals surface area (Å²) in [5.41, 5.74) is 11.0. The first-order chi connectivity index (χ1) is 12.2. The van der Waals surface area contributed by atoms with Crippen molar-refractivity contribution in [3.8, 4) is 0 Å². The molecule has 0 atom stereocenters. The second-order valence-corrected chi connectivity index (χ2v) is 7.56. The number of hydrogen-bond acceptors (Lipinski definition) is 0. The van der Waals surface area contributed by atoms with Gasteiger partial charge in [0.2, 0.25) is 0 Å². The highest BCUT2D eigenvalue weighted by molar-refractivity contribution is 6.26. The fraction of sp³-hybridized carbons (Fsp3) is 0.217. The maximum Gasteiger partial charge on any atom is 0.0569 e. The Morgan fingerprint density at radius 2 is 1.24 bits per heavy atom. The molecule has 0 radical (unpaired) electrons. The van der Waals surface area contributed by atoms with Crippen LogP contribution in [0.15, 0.2) is 36.4 Å². The molecule has 5 aromatic rings. The lowest BCUT2D eigenvalue weighted by atomic mass is 9.97. The van der Waals surface area contributed by atoms with E-state index < -0.39 is 0 Å². The van der Waals surface area contributed by atoms with Crippen LogP contribution in [-0.2, 0) is 12.8 Å². The molecule has 2 heteroatoms. The lowest BCUT2D eigenvalue weighted by Gasteiger charge is -2.05. The van der Waals surface area contributed by atoms with Gasteiger partial charge in [-0.2, -0.15) is 0 Å². The number of aromatic amines is 2. The molecule has 0 spiro atoms. The smallest absolute Gasteiger partial charge is 0.0569 e. The van der Waals surface area contributed by atoms with Gasteiger partial charge in [-0.25, -0.2) is 0 Å². The molecule has 1 aliphatic rings. The molecule has 0 saturated carbocycles. The van der Waals surface area contributed by atoms with Crippen molar-refractivity contribution < 1.29 is 0 Å². The van der Waals surface area contributed by atoms with Crippen molar-refractivity contribution >= 4 is 43.6 Å². The second kappa shape index (κ2) is 4.45. The van der Waals surface area contributed by atoms with Gasteiger partial charge in [-0.1, -0.05) is 36.4 Å². The summed E-state index contributed by atoms with van der Waals surface area (Å²) in [5.74, 6) is 0. The Labute approximate surface area is 145 Å². The van der Waals surface area contributed by atoms with Crippen LogP contribution < -0.4 is 0 Å². The summed E-state index contributed by atoms with van der Waals surface area (Å²) in [6.07, 6.45) is 3.64. The predicted molar refractivity (Wildman–Crippen MR) is 107 cm³/mol. The molecule has 122 valence electrons. The molecule has 1 aliphatic carbocycles. The molecule has 0 amide bonds. The summed E-state index contributed by atoms with van der Waals surface area (Å²) in [7, 11) is 0. The highest BCUT2D eigenvalue weighted by Crippen LogP contribution is 2.44. The molecule has 2 heterocycles. The Balaban J connectivity index is 2.00. The van der Waals surface area contributed by atoms with Gasteiger partial charge in [-0.15, -0.1) is 0 Å². The average molecular weight is 324 g/mol. The largest absolute Gasteiger partial charge is 0.354 e. The first-order valence-corrected chi connectivity index (χ1v) is 9.20. The van der Waals surface area contributed by atoms with Crippen LogP contribution in [0.4, 0.5) is 0 Å². The van der Waals surface area contributed by atoms with Gasteiger partial charge in [-0.05, 0) is 55.4 Å². The summed E-state index contributed by atoms with van der Waals surface area (Å²) in [4.78, 5) is 7.57. The number of hydrogen-bond donors (Lipinski definition) is 2. The minimum Gasteiger partial charge on any atom is -0.354 e. The van der Waals surface area contributed by atoms with Gasteiger partial charge < -0.3 is 9.97 Å². The van der Waals surface area contributed by atoms with Crippen molar-refractivity contribution in [3.63, 3.8) is 0 Å². The Morgan fingerprint density at radius 3 is 1.96 bits per heavy atom. The van der Waals surface area contributed by atoms with E-state index in [-0.39, 0.29) is 0 Å². The van der Waals surface area contributed by atoms with Gasteiger partial charge in [0.05, 0.1) is 11.0 Å². The Morgan fingerprint density at radius 1 is 0.640 bits per heavy atom. The van der Waals surface area contributed by atoms with Crippen molar-refractivity contribution in [3.05, 3.63) is 58.7 Å².